The first-order chi connectivity index (χ1) is 14.2. The summed E-state index contributed by atoms with van der Waals surface area (Å²) in [6, 6.07) is 19.1. The van der Waals surface area contributed by atoms with E-state index in [1.807, 2.05) is 10.7 Å². The number of nitrogens with zero attached hydrogens (tertiary/aromatic N) is 2. The number of benzene rings is 2. The number of Topliss-reactive ketones (excluding diaryl/α,β-unsaturated/α-hetero) is 1. The van der Waals surface area contributed by atoms with Gasteiger partial charge in [0, 0.05) is 6.42 Å². The third kappa shape index (κ3) is 3.79. The lowest BCUT2D eigenvalue weighted by molar-refractivity contribution is 0.0958. The van der Waals surface area contributed by atoms with E-state index in [0.717, 1.165) is 12.2 Å². The van der Waals surface area contributed by atoms with Crippen molar-refractivity contribution in [1.82, 2.24) is 9.78 Å². The SMILES string of the molecule is Cc1ccc(C(C)(C)CC(=O)c2cnn3c2NC(c2ccccc2)CC3(C)C)cc1. The largest absolute Gasteiger partial charge is 0.363 e. The van der Waals surface area contributed by atoms with Gasteiger partial charge in [-0.1, -0.05) is 74.0 Å². The highest BCUT2D eigenvalue weighted by Crippen LogP contribution is 2.41. The first-order valence-electron chi connectivity index (χ1n) is 10.7. The standard InChI is InChI=1S/C26H31N3O/c1-18-11-13-20(14-12-18)25(2,3)16-23(30)21-17-27-29-24(21)28-22(15-26(29,4)5)19-9-7-6-8-10-19/h6-14,17,22,28H,15-16H2,1-5H3. The van der Waals surface area contributed by atoms with Gasteiger partial charge in [0.15, 0.2) is 5.78 Å². The molecular formula is C26H31N3O. The molecule has 4 heteroatoms. The average molecular weight is 402 g/mol. The third-order valence-corrected chi connectivity index (χ3v) is 6.30. The maximum atomic E-state index is 13.4. The molecule has 1 N–H and O–H groups in total. The molecule has 30 heavy (non-hydrogen) atoms. The maximum absolute atomic E-state index is 13.4. The van der Waals surface area contributed by atoms with Crippen LogP contribution in [0.25, 0.3) is 0 Å². The molecule has 0 saturated heterocycles. The molecule has 2 aromatic carbocycles. The lowest BCUT2D eigenvalue weighted by atomic mass is 9.79. The first kappa shape index (κ1) is 20.4. The Kier molecular flexibility index (Phi) is 5.05. The van der Waals surface area contributed by atoms with Gasteiger partial charge < -0.3 is 5.32 Å². The van der Waals surface area contributed by atoms with Crippen LogP contribution in [0.15, 0.2) is 60.8 Å². The minimum absolute atomic E-state index is 0.124. The lowest BCUT2D eigenvalue weighted by Gasteiger charge is -2.38. The molecule has 0 spiro atoms. The Morgan fingerprint density at radius 1 is 1.13 bits per heavy atom. The van der Waals surface area contributed by atoms with E-state index in [9.17, 15) is 4.79 Å². The third-order valence-electron chi connectivity index (χ3n) is 6.30. The molecule has 0 aliphatic carbocycles. The van der Waals surface area contributed by atoms with Crippen LogP contribution in [0.5, 0.6) is 0 Å². The molecule has 1 aromatic heterocycles. The van der Waals surface area contributed by atoms with Crippen LogP contribution in [0.1, 0.15) is 73.6 Å². The van der Waals surface area contributed by atoms with Crippen molar-refractivity contribution in [2.24, 2.45) is 0 Å². The highest BCUT2D eigenvalue weighted by molar-refractivity contribution is 6.01. The highest BCUT2D eigenvalue weighted by Gasteiger charge is 2.37. The Morgan fingerprint density at radius 3 is 2.47 bits per heavy atom. The Labute approximate surface area is 179 Å². The van der Waals surface area contributed by atoms with Crippen LogP contribution in [0.3, 0.4) is 0 Å². The number of aryl methyl sites for hydroxylation is 1. The zero-order chi connectivity index (χ0) is 21.5. The van der Waals surface area contributed by atoms with Crippen LogP contribution in [0.2, 0.25) is 0 Å². The molecule has 156 valence electrons. The molecule has 3 aromatic rings. The van der Waals surface area contributed by atoms with Crippen molar-refractivity contribution in [3.8, 4) is 0 Å². The molecule has 0 radical (unpaired) electrons. The van der Waals surface area contributed by atoms with Crippen molar-refractivity contribution in [3.63, 3.8) is 0 Å². The highest BCUT2D eigenvalue weighted by atomic mass is 16.1. The van der Waals surface area contributed by atoms with Crippen LogP contribution in [-0.4, -0.2) is 15.6 Å². The molecule has 0 bridgehead atoms. The van der Waals surface area contributed by atoms with Gasteiger partial charge >= 0.3 is 0 Å². The number of ketones is 1. The van der Waals surface area contributed by atoms with E-state index in [-0.39, 0.29) is 22.8 Å². The van der Waals surface area contributed by atoms with Gasteiger partial charge in [-0.05, 0) is 43.7 Å². The second kappa shape index (κ2) is 7.42. The minimum atomic E-state index is -0.247. The summed E-state index contributed by atoms with van der Waals surface area (Å²) < 4.78 is 1.98. The Bertz CT molecular complexity index is 1050. The summed E-state index contributed by atoms with van der Waals surface area (Å²) in [5.74, 6) is 0.962. The predicted octanol–water partition coefficient (Wildman–Crippen LogP) is 6.03. The van der Waals surface area contributed by atoms with Gasteiger partial charge in [-0.15, -0.1) is 0 Å². The molecular weight excluding hydrogens is 370 g/mol. The quantitative estimate of drug-likeness (QED) is 0.531. The maximum Gasteiger partial charge on any atom is 0.169 e. The van der Waals surface area contributed by atoms with E-state index in [1.165, 1.54) is 16.7 Å². The summed E-state index contributed by atoms with van der Waals surface area (Å²) in [6.45, 7) is 10.7. The summed E-state index contributed by atoms with van der Waals surface area (Å²) in [6.07, 6.45) is 3.09. The molecule has 1 atom stereocenters. The second-order valence-corrected chi connectivity index (χ2v) is 9.79. The lowest BCUT2D eigenvalue weighted by Crippen LogP contribution is -2.38. The van der Waals surface area contributed by atoms with Gasteiger partial charge in [-0.3, -0.25) is 4.79 Å². The van der Waals surface area contributed by atoms with E-state index in [4.69, 9.17) is 0 Å². The number of aromatic nitrogens is 2. The normalized spacial score (nSPS) is 17.8. The molecule has 1 aliphatic rings. The molecule has 0 fully saturated rings. The number of rotatable bonds is 5. The number of carbonyl (C=O) groups excluding carboxylic acids is 1. The summed E-state index contributed by atoms with van der Waals surface area (Å²) in [5, 5.41) is 8.22. The van der Waals surface area contributed by atoms with Crippen LogP contribution in [0.4, 0.5) is 5.82 Å². The second-order valence-electron chi connectivity index (χ2n) is 9.79. The molecule has 0 saturated carbocycles. The molecule has 4 nitrogen and oxygen atoms in total. The zero-order valence-corrected chi connectivity index (χ0v) is 18.6. The number of hydrogen-bond acceptors (Lipinski definition) is 3. The van der Waals surface area contributed by atoms with Crippen molar-refractivity contribution in [2.45, 2.75) is 64.5 Å². The van der Waals surface area contributed by atoms with Gasteiger partial charge in [0.2, 0.25) is 0 Å². The molecule has 0 amide bonds. The van der Waals surface area contributed by atoms with Crippen molar-refractivity contribution >= 4 is 11.6 Å². The van der Waals surface area contributed by atoms with Gasteiger partial charge in [-0.2, -0.15) is 5.10 Å². The van der Waals surface area contributed by atoms with Crippen LogP contribution >= 0.6 is 0 Å². The van der Waals surface area contributed by atoms with E-state index < -0.39 is 0 Å². The van der Waals surface area contributed by atoms with Crippen molar-refractivity contribution < 1.29 is 4.79 Å². The van der Waals surface area contributed by atoms with Crippen molar-refractivity contribution in [1.29, 1.82) is 0 Å². The monoisotopic (exact) mass is 401 g/mol. The van der Waals surface area contributed by atoms with Crippen LogP contribution < -0.4 is 5.32 Å². The van der Waals surface area contributed by atoms with Crippen molar-refractivity contribution in [2.75, 3.05) is 5.32 Å². The fourth-order valence-electron chi connectivity index (χ4n) is 4.44. The summed E-state index contributed by atoms with van der Waals surface area (Å²) >= 11 is 0. The number of hydrogen-bond donors (Lipinski definition) is 1. The fraction of sp³-hybridized carbons (Fsp3) is 0.385. The molecule has 2 heterocycles. The minimum Gasteiger partial charge on any atom is -0.363 e. The Hall–Kier alpha value is -2.88. The fourth-order valence-corrected chi connectivity index (χ4v) is 4.44. The van der Waals surface area contributed by atoms with E-state index >= 15 is 0 Å². The number of nitrogens with one attached hydrogen (secondary N) is 1. The summed E-state index contributed by atoms with van der Waals surface area (Å²) in [5.41, 5.74) is 3.90. The number of carbonyl (C=O) groups is 1. The van der Waals surface area contributed by atoms with Crippen molar-refractivity contribution in [3.05, 3.63) is 83.0 Å². The summed E-state index contributed by atoms with van der Waals surface area (Å²) in [4.78, 5) is 13.4. The van der Waals surface area contributed by atoms with E-state index in [0.29, 0.717) is 12.0 Å². The van der Waals surface area contributed by atoms with Gasteiger partial charge in [0.25, 0.3) is 0 Å². The number of anilines is 1. The van der Waals surface area contributed by atoms with Gasteiger partial charge in [-0.25, -0.2) is 4.68 Å². The molecule has 1 aliphatic heterocycles. The summed E-state index contributed by atoms with van der Waals surface area (Å²) in [7, 11) is 0. The van der Waals surface area contributed by atoms with Gasteiger partial charge in [0.1, 0.15) is 5.82 Å². The smallest absolute Gasteiger partial charge is 0.169 e. The molecule has 4 rings (SSSR count). The molecule has 1 unspecified atom stereocenters. The predicted molar refractivity (Wildman–Crippen MR) is 122 cm³/mol. The van der Waals surface area contributed by atoms with E-state index in [2.05, 4.69) is 93.6 Å². The first-order valence-corrected chi connectivity index (χ1v) is 10.7. The average Bonchev–Trinajstić information content (AvgIpc) is 3.13. The van der Waals surface area contributed by atoms with Gasteiger partial charge in [0.05, 0.1) is 23.3 Å². The number of fused-ring (bicyclic) bond motifs is 1. The van der Waals surface area contributed by atoms with Crippen LogP contribution in [0, 0.1) is 6.92 Å². The topological polar surface area (TPSA) is 46.9 Å². The Morgan fingerprint density at radius 2 is 1.80 bits per heavy atom. The Balaban J connectivity index is 1.63. The van der Waals surface area contributed by atoms with E-state index in [1.54, 1.807) is 6.20 Å². The van der Waals surface area contributed by atoms with Crippen LogP contribution in [-0.2, 0) is 11.0 Å². The zero-order valence-electron chi connectivity index (χ0n) is 18.6.